The van der Waals surface area contributed by atoms with E-state index >= 15 is 0 Å². The van der Waals surface area contributed by atoms with Gasteiger partial charge in [0.2, 0.25) is 17.8 Å². The number of morpholine rings is 1. The zero-order valence-corrected chi connectivity index (χ0v) is 11.3. The second-order valence-electron chi connectivity index (χ2n) is 4.48. The van der Waals surface area contributed by atoms with Gasteiger partial charge in [-0.3, -0.25) is 9.99 Å². The first-order valence-electron chi connectivity index (χ1n) is 6.48. The van der Waals surface area contributed by atoms with E-state index in [9.17, 15) is 5.11 Å². The summed E-state index contributed by atoms with van der Waals surface area (Å²) in [7, 11) is 0. The minimum Gasteiger partial charge on any atom is -0.394 e. The van der Waals surface area contributed by atoms with Gasteiger partial charge in [0.25, 0.3) is 0 Å². The summed E-state index contributed by atoms with van der Waals surface area (Å²) in [4.78, 5) is 18.7. The third kappa shape index (κ3) is 2.77. The van der Waals surface area contributed by atoms with Crippen molar-refractivity contribution in [2.75, 3.05) is 36.7 Å². The Morgan fingerprint density at radius 3 is 2.95 bits per heavy atom. The van der Waals surface area contributed by atoms with E-state index < -0.39 is 0 Å². The maximum absolute atomic E-state index is 9.45. The third-order valence-corrected chi connectivity index (χ3v) is 3.17. The van der Waals surface area contributed by atoms with Gasteiger partial charge in [-0.1, -0.05) is 0 Å². The van der Waals surface area contributed by atoms with Crippen molar-refractivity contribution in [2.24, 2.45) is 5.84 Å². The monoisotopic (exact) mass is 292 g/mol. The van der Waals surface area contributed by atoms with E-state index in [1.165, 1.54) is 0 Å². The van der Waals surface area contributed by atoms with Gasteiger partial charge < -0.3 is 14.7 Å². The standard InChI is InChI=1S/C11H16N8O2/c12-17-9-14-10(18-2-1-13-7-18)16-11(15-9)19-3-4-21-6-8(19)5-20/h1-2,7-8,20H,3-6,12H2,(H,14,15,16,17). The van der Waals surface area contributed by atoms with Gasteiger partial charge in [0.1, 0.15) is 6.33 Å². The fraction of sp³-hybridized carbons (Fsp3) is 0.455. The molecule has 10 nitrogen and oxygen atoms in total. The number of hydrazine groups is 1. The van der Waals surface area contributed by atoms with Crippen molar-refractivity contribution in [3.63, 3.8) is 0 Å². The summed E-state index contributed by atoms with van der Waals surface area (Å²) in [5.74, 6) is 6.49. The van der Waals surface area contributed by atoms with Crippen LogP contribution in [0, 0.1) is 0 Å². The molecule has 2 aromatic rings. The first kappa shape index (κ1) is 13.7. The highest BCUT2D eigenvalue weighted by Gasteiger charge is 2.25. The lowest BCUT2D eigenvalue weighted by Gasteiger charge is -2.34. The number of hydrogen-bond donors (Lipinski definition) is 3. The van der Waals surface area contributed by atoms with Crippen LogP contribution in [0.2, 0.25) is 0 Å². The maximum atomic E-state index is 9.45. The molecule has 112 valence electrons. The van der Waals surface area contributed by atoms with Crippen molar-refractivity contribution in [3.05, 3.63) is 18.7 Å². The average Bonchev–Trinajstić information content (AvgIpc) is 3.09. The molecule has 1 aliphatic rings. The fourth-order valence-corrected chi connectivity index (χ4v) is 2.11. The molecule has 1 saturated heterocycles. The SMILES string of the molecule is NNc1nc(N2CCOCC2CO)nc(-n2ccnc2)n1. The van der Waals surface area contributed by atoms with Crippen LogP contribution >= 0.6 is 0 Å². The summed E-state index contributed by atoms with van der Waals surface area (Å²) >= 11 is 0. The molecule has 0 saturated carbocycles. The normalized spacial score (nSPS) is 18.8. The fourth-order valence-electron chi connectivity index (χ4n) is 2.11. The van der Waals surface area contributed by atoms with E-state index in [1.54, 1.807) is 23.3 Å². The molecule has 0 spiro atoms. The highest BCUT2D eigenvalue weighted by Crippen LogP contribution is 2.17. The number of nitrogens with one attached hydrogen (secondary N) is 1. The number of hydrogen-bond acceptors (Lipinski definition) is 9. The highest BCUT2D eigenvalue weighted by molar-refractivity contribution is 5.41. The van der Waals surface area contributed by atoms with Crippen LogP contribution in [0.25, 0.3) is 5.95 Å². The number of rotatable bonds is 4. The van der Waals surface area contributed by atoms with Gasteiger partial charge in [0, 0.05) is 18.9 Å². The molecule has 21 heavy (non-hydrogen) atoms. The summed E-state index contributed by atoms with van der Waals surface area (Å²) in [5.41, 5.74) is 2.43. The molecule has 1 aliphatic heterocycles. The minimum absolute atomic E-state index is 0.0442. The second-order valence-corrected chi connectivity index (χ2v) is 4.48. The summed E-state index contributed by atoms with van der Waals surface area (Å²) in [6, 6.07) is -0.192. The molecule has 4 N–H and O–H groups in total. The molecule has 0 bridgehead atoms. The van der Waals surface area contributed by atoms with Crippen LogP contribution in [0.5, 0.6) is 0 Å². The van der Waals surface area contributed by atoms with E-state index in [0.717, 1.165) is 0 Å². The van der Waals surface area contributed by atoms with E-state index in [0.29, 0.717) is 31.7 Å². The lowest BCUT2D eigenvalue weighted by Crippen LogP contribution is -2.48. The molecule has 0 radical (unpaired) electrons. The van der Waals surface area contributed by atoms with Crippen molar-refractivity contribution >= 4 is 11.9 Å². The molecule has 0 aromatic carbocycles. The predicted octanol–water partition coefficient (Wildman–Crippen LogP) is -1.46. The van der Waals surface area contributed by atoms with Crippen LogP contribution in [-0.2, 0) is 4.74 Å². The Balaban J connectivity index is 1.99. The summed E-state index contributed by atoms with van der Waals surface area (Å²) in [6.45, 7) is 1.52. The number of nitrogens with zero attached hydrogens (tertiary/aromatic N) is 6. The summed E-state index contributed by atoms with van der Waals surface area (Å²) in [6.07, 6.45) is 4.94. The minimum atomic E-state index is -0.192. The van der Waals surface area contributed by atoms with Gasteiger partial charge in [-0.15, -0.1) is 0 Å². The Kier molecular flexibility index (Phi) is 3.90. The number of imidazole rings is 1. The van der Waals surface area contributed by atoms with E-state index in [1.807, 2.05) is 4.90 Å². The van der Waals surface area contributed by atoms with Crippen molar-refractivity contribution < 1.29 is 9.84 Å². The molecule has 0 amide bonds. The Hall–Kier alpha value is -2.30. The molecule has 3 rings (SSSR count). The van der Waals surface area contributed by atoms with Crippen LogP contribution in [-0.4, -0.2) is 62.0 Å². The average molecular weight is 292 g/mol. The Labute approximate surface area is 120 Å². The molecule has 1 atom stereocenters. The Morgan fingerprint density at radius 1 is 1.38 bits per heavy atom. The van der Waals surface area contributed by atoms with Crippen LogP contribution in [0.15, 0.2) is 18.7 Å². The maximum Gasteiger partial charge on any atom is 0.243 e. The van der Waals surface area contributed by atoms with Crippen molar-refractivity contribution in [1.82, 2.24) is 24.5 Å². The molecular weight excluding hydrogens is 276 g/mol. The van der Waals surface area contributed by atoms with Crippen LogP contribution in [0.4, 0.5) is 11.9 Å². The molecule has 3 heterocycles. The van der Waals surface area contributed by atoms with Crippen molar-refractivity contribution in [2.45, 2.75) is 6.04 Å². The van der Waals surface area contributed by atoms with E-state index in [2.05, 4.69) is 25.4 Å². The summed E-state index contributed by atoms with van der Waals surface area (Å²) < 4.78 is 7.01. The Bertz CT molecular complexity index is 590. The first-order chi connectivity index (χ1) is 10.3. The number of ether oxygens (including phenoxy) is 1. The smallest absolute Gasteiger partial charge is 0.243 e. The number of nitrogen functional groups attached to an aromatic ring is 1. The first-order valence-corrected chi connectivity index (χ1v) is 6.48. The quantitative estimate of drug-likeness (QED) is 0.457. The van der Waals surface area contributed by atoms with Gasteiger partial charge in [-0.2, -0.15) is 15.0 Å². The predicted molar refractivity (Wildman–Crippen MR) is 73.8 cm³/mol. The molecule has 1 unspecified atom stereocenters. The van der Waals surface area contributed by atoms with Crippen LogP contribution < -0.4 is 16.2 Å². The van der Waals surface area contributed by atoms with Gasteiger partial charge in [-0.25, -0.2) is 10.8 Å². The van der Waals surface area contributed by atoms with Crippen molar-refractivity contribution in [3.8, 4) is 5.95 Å². The van der Waals surface area contributed by atoms with Gasteiger partial charge >= 0.3 is 0 Å². The molecule has 2 aromatic heterocycles. The second kappa shape index (κ2) is 5.99. The topological polar surface area (TPSA) is 127 Å². The van der Waals surface area contributed by atoms with Crippen LogP contribution in [0.1, 0.15) is 0 Å². The van der Waals surface area contributed by atoms with Gasteiger partial charge in [0.05, 0.1) is 25.9 Å². The number of anilines is 2. The van der Waals surface area contributed by atoms with E-state index in [4.69, 9.17) is 10.6 Å². The molecule has 1 fully saturated rings. The molecular formula is C11H16N8O2. The number of nitrogens with two attached hydrogens (primary N) is 1. The Morgan fingerprint density at radius 2 is 2.24 bits per heavy atom. The zero-order valence-electron chi connectivity index (χ0n) is 11.3. The zero-order chi connectivity index (χ0) is 14.7. The van der Waals surface area contributed by atoms with Gasteiger partial charge in [-0.05, 0) is 0 Å². The van der Waals surface area contributed by atoms with E-state index in [-0.39, 0.29) is 18.6 Å². The number of aliphatic hydroxyl groups is 1. The highest BCUT2D eigenvalue weighted by atomic mass is 16.5. The molecule has 10 heteroatoms. The third-order valence-electron chi connectivity index (χ3n) is 3.17. The van der Waals surface area contributed by atoms with Crippen molar-refractivity contribution in [1.29, 1.82) is 0 Å². The number of aromatic nitrogens is 5. The van der Waals surface area contributed by atoms with Gasteiger partial charge in [0.15, 0.2) is 0 Å². The summed E-state index contributed by atoms with van der Waals surface area (Å²) in [5, 5.41) is 9.45. The lowest BCUT2D eigenvalue weighted by atomic mass is 10.2. The van der Waals surface area contributed by atoms with Crippen LogP contribution in [0.3, 0.4) is 0 Å². The largest absolute Gasteiger partial charge is 0.394 e. The molecule has 0 aliphatic carbocycles. The lowest BCUT2D eigenvalue weighted by molar-refractivity contribution is 0.0718. The number of aliphatic hydroxyl groups excluding tert-OH is 1.